The summed E-state index contributed by atoms with van der Waals surface area (Å²) in [6, 6.07) is 6.23. The van der Waals surface area contributed by atoms with E-state index in [4.69, 9.17) is 4.74 Å². The van der Waals surface area contributed by atoms with E-state index >= 15 is 0 Å². The van der Waals surface area contributed by atoms with Crippen LogP contribution in [-0.2, 0) is 9.59 Å². The fourth-order valence-electron chi connectivity index (χ4n) is 3.08. The van der Waals surface area contributed by atoms with Crippen molar-refractivity contribution in [2.45, 2.75) is 33.6 Å². The molecule has 1 aliphatic rings. The number of benzene rings is 1. The van der Waals surface area contributed by atoms with E-state index in [-0.39, 0.29) is 30.1 Å². The number of rotatable bonds is 5. The van der Waals surface area contributed by atoms with Crippen molar-refractivity contribution in [2.24, 2.45) is 11.3 Å². The lowest BCUT2D eigenvalue weighted by atomic mass is 9.90. The van der Waals surface area contributed by atoms with Crippen molar-refractivity contribution >= 4 is 11.8 Å². The van der Waals surface area contributed by atoms with Crippen molar-refractivity contribution in [3.63, 3.8) is 0 Å². The van der Waals surface area contributed by atoms with Gasteiger partial charge in [-0.25, -0.2) is 4.39 Å². The van der Waals surface area contributed by atoms with E-state index < -0.39 is 11.2 Å². The highest BCUT2D eigenvalue weighted by Gasteiger charge is 2.33. The van der Waals surface area contributed by atoms with E-state index in [1.165, 1.54) is 6.07 Å². The minimum atomic E-state index is -0.405. The van der Waals surface area contributed by atoms with Crippen molar-refractivity contribution < 1.29 is 18.7 Å². The highest BCUT2D eigenvalue weighted by Crippen LogP contribution is 2.24. The fraction of sp³-hybridized carbons (Fsp3) is 0.600. The summed E-state index contributed by atoms with van der Waals surface area (Å²) in [4.78, 5) is 28.4. The molecule has 144 valence electrons. The Balaban J connectivity index is 1.77. The van der Waals surface area contributed by atoms with E-state index in [1.54, 1.807) is 30.1 Å². The molecule has 1 fully saturated rings. The van der Waals surface area contributed by atoms with Crippen LogP contribution in [0.3, 0.4) is 0 Å². The Labute approximate surface area is 155 Å². The minimum absolute atomic E-state index is 0.0602. The lowest BCUT2D eigenvalue weighted by Gasteiger charge is -2.36. The van der Waals surface area contributed by atoms with Gasteiger partial charge in [-0.2, -0.15) is 0 Å². The Morgan fingerprint density at radius 3 is 2.42 bits per heavy atom. The monoisotopic (exact) mass is 364 g/mol. The number of para-hydroxylation sites is 1. The average Bonchev–Trinajstić information content (AvgIpc) is 2.61. The summed E-state index contributed by atoms with van der Waals surface area (Å²) in [5.41, 5.74) is -0.391. The van der Waals surface area contributed by atoms with Gasteiger partial charge in [0.2, 0.25) is 11.8 Å². The topological polar surface area (TPSA) is 49.9 Å². The van der Waals surface area contributed by atoms with Gasteiger partial charge in [0.25, 0.3) is 0 Å². The Morgan fingerprint density at radius 2 is 1.85 bits per heavy atom. The number of halogens is 1. The second-order valence-electron chi connectivity index (χ2n) is 7.86. The SMILES string of the molecule is CN(CCOc1ccccc1F)C(=O)C1CCN(C(=O)C(C)(C)C)CC1. The lowest BCUT2D eigenvalue weighted by Crippen LogP contribution is -2.47. The van der Waals surface area contributed by atoms with Crippen molar-refractivity contribution in [1.82, 2.24) is 9.80 Å². The molecule has 0 unspecified atom stereocenters. The summed E-state index contributed by atoms with van der Waals surface area (Å²) >= 11 is 0. The van der Waals surface area contributed by atoms with Gasteiger partial charge in [0.15, 0.2) is 11.6 Å². The molecule has 5 nitrogen and oxygen atoms in total. The third-order valence-electron chi connectivity index (χ3n) is 4.67. The van der Waals surface area contributed by atoms with Crippen molar-refractivity contribution in [3.8, 4) is 5.75 Å². The highest BCUT2D eigenvalue weighted by molar-refractivity contribution is 5.82. The Bertz CT molecular complexity index is 634. The molecule has 0 saturated carbocycles. The van der Waals surface area contributed by atoms with Crippen molar-refractivity contribution in [2.75, 3.05) is 33.3 Å². The van der Waals surface area contributed by atoms with Crippen LogP contribution in [0.2, 0.25) is 0 Å². The van der Waals surface area contributed by atoms with Crippen LogP contribution >= 0.6 is 0 Å². The van der Waals surface area contributed by atoms with Gasteiger partial charge in [0.05, 0.1) is 6.54 Å². The number of hydrogen-bond donors (Lipinski definition) is 0. The first-order valence-electron chi connectivity index (χ1n) is 9.12. The molecule has 6 heteroatoms. The van der Waals surface area contributed by atoms with Crippen LogP contribution in [0, 0.1) is 17.2 Å². The van der Waals surface area contributed by atoms with Crippen LogP contribution in [0.5, 0.6) is 5.75 Å². The maximum Gasteiger partial charge on any atom is 0.227 e. The van der Waals surface area contributed by atoms with Crippen LogP contribution in [0.1, 0.15) is 33.6 Å². The quantitative estimate of drug-likeness (QED) is 0.807. The van der Waals surface area contributed by atoms with Gasteiger partial charge in [0, 0.05) is 31.5 Å². The maximum absolute atomic E-state index is 13.5. The summed E-state index contributed by atoms with van der Waals surface area (Å²) in [6.07, 6.45) is 1.36. The molecular weight excluding hydrogens is 335 g/mol. The molecule has 1 aromatic rings. The molecule has 1 aromatic carbocycles. The third-order valence-corrected chi connectivity index (χ3v) is 4.67. The molecule has 1 heterocycles. The molecule has 0 radical (unpaired) electrons. The summed E-state index contributed by atoms with van der Waals surface area (Å²) < 4.78 is 18.9. The van der Waals surface area contributed by atoms with Gasteiger partial charge >= 0.3 is 0 Å². The van der Waals surface area contributed by atoms with Gasteiger partial charge in [-0.05, 0) is 25.0 Å². The van der Waals surface area contributed by atoms with E-state index in [9.17, 15) is 14.0 Å². The number of hydrogen-bond acceptors (Lipinski definition) is 3. The van der Waals surface area contributed by atoms with Crippen LogP contribution < -0.4 is 4.74 Å². The standard InChI is InChI=1S/C20H29FN2O3/c1-20(2,3)19(25)23-11-9-15(10-12-23)18(24)22(4)13-14-26-17-8-6-5-7-16(17)21/h5-8,15H,9-14H2,1-4H3. The Kier molecular flexibility index (Phi) is 6.62. The molecule has 0 aromatic heterocycles. The van der Waals surface area contributed by atoms with Crippen LogP contribution in [0.4, 0.5) is 4.39 Å². The van der Waals surface area contributed by atoms with Gasteiger partial charge in [-0.15, -0.1) is 0 Å². The first-order valence-corrected chi connectivity index (χ1v) is 9.12. The zero-order valence-corrected chi connectivity index (χ0v) is 16.1. The molecule has 26 heavy (non-hydrogen) atoms. The number of piperidine rings is 1. The van der Waals surface area contributed by atoms with E-state index in [0.717, 1.165) is 0 Å². The lowest BCUT2D eigenvalue weighted by molar-refractivity contribution is -0.144. The fourth-order valence-corrected chi connectivity index (χ4v) is 3.08. The number of likely N-dealkylation sites (N-methyl/N-ethyl adjacent to an activating group) is 1. The summed E-state index contributed by atoms with van der Waals surface area (Å²) in [6.45, 7) is 7.61. The number of nitrogens with zero attached hydrogens (tertiary/aromatic N) is 2. The zero-order chi connectivity index (χ0) is 19.3. The predicted octanol–water partition coefficient (Wildman–Crippen LogP) is 2.95. The largest absolute Gasteiger partial charge is 0.489 e. The predicted molar refractivity (Wildman–Crippen MR) is 98.3 cm³/mol. The third kappa shape index (κ3) is 5.19. The minimum Gasteiger partial charge on any atom is -0.489 e. The average molecular weight is 364 g/mol. The highest BCUT2D eigenvalue weighted by atomic mass is 19.1. The molecule has 1 aliphatic heterocycles. The Hall–Kier alpha value is -2.11. The van der Waals surface area contributed by atoms with Crippen LogP contribution in [0.15, 0.2) is 24.3 Å². The van der Waals surface area contributed by atoms with Gasteiger partial charge in [-0.1, -0.05) is 32.9 Å². The molecule has 2 amide bonds. The van der Waals surface area contributed by atoms with Gasteiger partial charge in [-0.3, -0.25) is 9.59 Å². The molecule has 0 atom stereocenters. The molecule has 0 aliphatic carbocycles. The zero-order valence-electron chi connectivity index (χ0n) is 16.1. The molecule has 0 spiro atoms. The Morgan fingerprint density at radius 1 is 1.23 bits per heavy atom. The number of ether oxygens (including phenoxy) is 1. The molecule has 1 saturated heterocycles. The molecule has 2 rings (SSSR count). The van der Waals surface area contributed by atoms with Crippen LogP contribution in [0.25, 0.3) is 0 Å². The normalized spacial score (nSPS) is 15.7. The van der Waals surface area contributed by atoms with E-state index in [1.807, 2.05) is 25.7 Å². The summed E-state index contributed by atoms with van der Waals surface area (Å²) in [5, 5.41) is 0. The van der Waals surface area contributed by atoms with Gasteiger partial charge in [0.1, 0.15) is 6.61 Å². The second-order valence-corrected chi connectivity index (χ2v) is 7.86. The smallest absolute Gasteiger partial charge is 0.227 e. The number of carbonyl (C=O) groups excluding carboxylic acids is 2. The van der Waals surface area contributed by atoms with Crippen molar-refractivity contribution in [1.29, 1.82) is 0 Å². The molecule has 0 N–H and O–H groups in total. The van der Waals surface area contributed by atoms with E-state index in [2.05, 4.69) is 0 Å². The first kappa shape index (κ1) is 20.2. The van der Waals surface area contributed by atoms with Gasteiger partial charge < -0.3 is 14.5 Å². The number of likely N-dealkylation sites (tertiary alicyclic amines) is 1. The van der Waals surface area contributed by atoms with Crippen LogP contribution in [-0.4, -0.2) is 54.9 Å². The number of amides is 2. The number of carbonyl (C=O) groups is 2. The summed E-state index contributed by atoms with van der Waals surface area (Å²) in [5.74, 6) is -0.0859. The van der Waals surface area contributed by atoms with Crippen molar-refractivity contribution in [3.05, 3.63) is 30.1 Å². The summed E-state index contributed by atoms with van der Waals surface area (Å²) in [7, 11) is 1.74. The molecule has 0 bridgehead atoms. The molecular formula is C20H29FN2O3. The maximum atomic E-state index is 13.5. The van der Waals surface area contributed by atoms with E-state index in [0.29, 0.717) is 32.5 Å². The first-order chi connectivity index (χ1) is 12.2. The second kappa shape index (κ2) is 8.52.